The first kappa shape index (κ1) is 20.0. The van der Waals surface area contributed by atoms with Gasteiger partial charge in [0, 0.05) is 22.8 Å². The molecule has 2 aliphatic carbocycles. The van der Waals surface area contributed by atoms with Crippen LogP contribution < -0.4 is 0 Å². The maximum absolute atomic E-state index is 5.53. The van der Waals surface area contributed by atoms with Crippen LogP contribution in [0.1, 0.15) is 80.9 Å². The van der Waals surface area contributed by atoms with Crippen LogP contribution in [-0.2, 0) is 0 Å². The van der Waals surface area contributed by atoms with Gasteiger partial charge in [-0.3, -0.25) is 4.99 Å². The summed E-state index contributed by atoms with van der Waals surface area (Å²) in [6.45, 7) is 2.17. The zero-order valence-electron chi connectivity index (χ0n) is 19.2. The summed E-state index contributed by atoms with van der Waals surface area (Å²) in [5.74, 6) is 2.36. The number of aliphatic imine (C=N–C) groups is 2. The van der Waals surface area contributed by atoms with E-state index in [0.29, 0.717) is 12.1 Å². The molecular formula is C29H33N3. The third kappa shape index (κ3) is 3.43. The number of benzene rings is 2. The van der Waals surface area contributed by atoms with Gasteiger partial charge < -0.3 is 4.90 Å². The number of hydrogen-bond acceptors (Lipinski definition) is 2. The molecule has 0 atom stereocenters. The van der Waals surface area contributed by atoms with Crippen LogP contribution in [0, 0.1) is 6.92 Å². The Bertz CT molecular complexity index is 1090. The van der Waals surface area contributed by atoms with E-state index in [9.17, 15) is 0 Å². The lowest BCUT2D eigenvalue weighted by Crippen LogP contribution is -2.42. The highest BCUT2D eigenvalue weighted by molar-refractivity contribution is 6.53. The quantitative estimate of drug-likeness (QED) is 0.508. The number of amidine groups is 2. The fraction of sp³-hybridized carbons (Fsp3) is 0.448. The van der Waals surface area contributed by atoms with Crippen LogP contribution in [0.25, 0.3) is 11.1 Å². The number of nitrogens with zero attached hydrogens (tertiary/aromatic N) is 3. The van der Waals surface area contributed by atoms with Crippen molar-refractivity contribution in [3.05, 3.63) is 65.2 Å². The highest BCUT2D eigenvalue weighted by Gasteiger charge is 2.43. The molecule has 2 aliphatic heterocycles. The Balaban J connectivity index is 1.55. The predicted octanol–water partition coefficient (Wildman–Crippen LogP) is 7.33. The third-order valence-corrected chi connectivity index (χ3v) is 7.71. The summed E-state index contributed by atoms with van der Waals surface area (Å²) in [6.07, 6.45) is 12.9. The molecule has 2 aromatic carbocycles. The number of rotatable bonds is 3. The molecule has 3 heteroatoms. The molecule has 2 fully saturated rings. The Kier molecular flexibility index (Phi) is 5.21. The second-order valence-electron chi connectivity index (χ2n) is 9.97. The first-order chi connectivity index (χ1) is 15.8. The van der Waals surface area contributed by atoms with E-state index in [2.05, 4.69) is 60.4 Å². The Morgan fingerprint density at radius 1 is 0.781 bits per heavy atom. The van der Waals surface area contributed by atoms with Gasteiger partial charge in [-0.2, -0.15) is 0 Å². The average molecular weight is 424 g/mol. The van der Waals surface area contributed by atoms with Crippen LogP contribution in [-0.4, -0.2) is 28.7 Å². The van der Waals surface area contributed by atoms with Crippen LogP contribution >= 0.6 is 0 Å². The summed E-state index contributed by atoms with van der Waals surface area (Å²) >= 11 is 0. The van der Waals surface area contributed by atoms with E-state index in [4.69, 9.17) is 9.98 Å². The number of para-hydroxylation sites is 1. The fourth-order valence-corrected chi connectivity index (χ4v) is 6.01. The largest absolute Gasteiger partial charge is 0.307 e. The summed E-state index contributed by atoms with van der Waals surface area (Å²) in [5.41, 5.74) is 7.58. The molecule has 0 spiro atoms. The minimum Gasteiger partial charge on any atom is -0.307 e. The predicted molar refractivity (Wildman–Crippen MR) is 135 cm³/mol. The van der Waals surface area contributed by atoms with E-state index in [0.717, 1.165) is 11.5 Å². The smallest absolute Gasteiger partial charge is 0.143 e. The van der Waals surface area contributed by atoms with Gasteiger partial charge in [-0.05, 0) is 44.2 Å². The van der Waals surface area contributed by atoms with Crippen molar-refractivity contribution in [1.29, 1.82) is 0 Å². The molecule has 6 rings (SSSR count). The Hall–Kier alpha value is -2.68. The van der Waals surface area contributed by atoms with Gasteiger partial charge in [0.1, 0.15) is 11.7 Å². The first-order valence-electron chi connectivity index (χ1n) is 12.7. The van der Waals surface area contributed by atoms with Gasteiger partial charge in [0.05, 0.1) is 11.7 Å². The van der Waals surface area contributed by atoms with Crippen molar-refractivity contribution in [2.24, 2.45) is 9.98 Å². The molecular weight excluding hydrogens is 390 g/mol. The average Bonchev–Trinajstić information content (AvgIpc) is 3.35. The second kappa shape index (κ2) is 8.35. The summed E-state index contributed by atoms with van der Waals surface area (Å²) < 4.78 is 0. The van der Waals surface area contributed by atoms with Gasteiger partial charge in [-0.25, -0.2) is 4.99 Å². The highest BCUT2D eigenvalue weighted by Crippen LogP contribution is 2.47. The van der Waals surface area contributed by atoms with E-state index in [1.165, 1.54) is 97.9 Å². The minimum atomic E-state index is 0.445. The van der Waals surface area contributed by atoms with Crippen LogP contribution in [0.15, 0.2) is 58.5 Å². The summed E-state index contributed by atoms with van der Waals surface area (Å²) in [6, 6.07) is 18.7. The van der Waals surface area contributed by atoms with Gasteiger partial charge >= 0.3 is 0 Å². The van der Waals surface area contributed by atoms with E-state index < -0.39 is 0 Å². The molecule has 0 aromatic heterocycles. The van der Waals surface area contributed by atoms with E-state index in [1.54, 1.807) is 0 Å². The molecule has 0 unspecified atom stereocenters. The van der Waals surface area contributed by atoms with Crippen molar-refractivity contribution in [1.82, 2.24) is 4.90 Å². The Morgan fingerprint density at radius 2 is 1.47 bits per heavy atom. The molecule has 164 valence electrons. The van der Waals surface area contributed by atoms with Gasteiger partial charge in [-0.15, -0.1) is 0 Å². The van der Waals surface area contributed by atoms with E-state index >= 15 is 0 Å². The Labute approximate surface area is 192 Å². The molecule has 2 saturated carbocycles. The zero-order valence-corrected chi connectivity index (χ0v) is 19.2. The number of aryl methyl sites for hydroxylation is 1. The second-order valence-corrected chi connectivity index (χ2v) is 9.97. The lowest BCUT2D eigenvalue weighted by atomic mass is 9.93. The fourth-order valence-electron chi connectivity index (χ4n) is 6.01. The van der Waals surface area contributed by atoms with Crippen molar-refractivity contribution in [2.45, 2.75) is 83.2 Å². The van der Waals surface area contributed by atoms with Crippen molar-refractivity contribution in [3.63, 3.8) is 0 Å². The van der Waals surface area contributed by atoms with Crippen molar-refractivity contribution >= 4 is 28.5 Å². The van der Waals surface area contributed by atoms with Gasteiger partial charge in [0.25, 0.3) is 0 Å². The minimum absolute atomic E-state index is 0.445. The monoisotopic (exact) mass is 423 g/mol. The third-order valence-electron chi connectivity index (χ3n) is 7.71. The zero-order chi connectivity index (χ0) is 21.5. The topological polar surface area (TPSA) is 28.0 Å². The van der Waals surface area contributed by atoms with Crippen LogP contribution in [0.4, 0.5) is 5.69 Å². The molecule has 2 aromatic rings. The number of hydrogen-bond donors (Lipinski definition) is 0. The van der Waals surface area contributed by atoms with Gasteiger partial charge in [-0.1, -0.05) is 86.6 Å². The van der Waals surface area contributed by atoms with Gasteiger partial charge in [0.2, 0.25) is 0 Å². The van der Waals surface area contributed by atoms with E-state index in [1.807, 2.05) is 0 Å². The molecule has 0 amide bonds. The normalized spacial score (nSPS) is 23.0. The molecule has 4 aliphatic rings. The molecule has 0 radical (unpaired) electrons. The van der Waals surface area contributed by atoms with Crippen LogP contribution in [0.5, 0.6) is 0 Å². The molecule has 0 bridgehead atoms. The van der Waals surface area contributed by atoms with Crippen LogP contribution in [0.3, 0.4) is 0 Å². The highest BCUT2D eigenvalue weighted by atomic mass is 15.3. The summed E-state index contributed by atoms with van der Waals surface area (Å²) in [7, 11) is 0. The lowest BCUT2D eigenvalue weighted by Gasteiger charge is -2.34. The summed E-state index contributed by atoms with van der Waals surface area (Å²) in [4.78, 5) is 13.3. The lowest BCUT2D eigenvalue weighted by molar-refractivity contribution is 0.323. The molecule has 0 saturated heterocycles. The molecule has 3 nitrogen and oxygen atoms in total. The molecule has 2 heterocycles. The van der Waals surface area contributed by atoms with Crippen molar-refractivity contribution in [2.75, 3.05) is 0 Å². The maximum atomic E-state index is 5.53. The maximum Gasteiger partial charge on any atom is 0.143 e. The van der Waals surface area contributed by atoms with E-state index in [-0.39, 0.29) is 0 Å². The molecule has 32 heavy (non-hydrogen) atoms. The number of fused-ring (bicyclic) bond motifs is 3. The molecule has 0 N–H and O–H groups in total. The van der Waals surface area contributed by atoms with Crippen LogP contribution in [0.2, 0.25) is 0 Å². The van der Waals surface area contributed by atoms with Gasteiger partial charge in [0.15, 0.2) is 0 Å². The van der Waals surface area contributed by atoms with Crippen molar-refractivity contribution in [3.8, 4) is 0 Å². The summed E-state index contributed by atoms with van der Waals surface area (Å²) in [5, 5.41) is 0. The Morgan fingerprint density at radius 3 is 2.22 bits per heavy atom. The standard InChI is InChI=1S/C29H33N3/c1-20-16-18-21(19-17-20)26-27-24-14-8-9-15-25(24)31-29(27)32(23-12-6-3-7-13-23)28(26)30-22-10-4-2-5-11-22/h8-9,14-19,22-23H,2-7,10-13H2,1H3. The first-order valence-corrected chi connectivity index (χ1v) is 12.7. The SMILES string of the molecule is Cc1ccc(C2=C3C(=Nc4ccccc43)N(C3CCCCC3)C2=NC2CCCCC2)cc1. The van der Waals surface area contributed by atoms with Crippen molar-refractivity contribution < 1.29 is 0 Å².